The van der Waals surface area contributed by atoms with Crippen LogP contribution in [0.1, 0.15) is 6.92 Å². The van der Waals surface area contributed by atoms with Gasteiger partial charge < -0.3 is 5.11 Å². The van der Waals surface area contributed by atoms with Crippen molar-refractivity contribution in [2.45, 2.75) is 23.7 Å². The Balaban J connectivity index is 3.32. The number of hydrogen-bond donors (Lipinski definition) is 2. The minimum Gasteiger partial charge on any atom is -0.480 e. The van der Waals surface area contributed by atoms with Gasteiger partial charge in [0, 0.05) is 6.20 Å². The Kier molecular flexibility index (Phi) is 4.06. The standard InChI is InChI=1S/C9H8F4N2O4S/c1-8(7(16)17,9(11,12)13)15-20(18,19)6-5(10)3-2-4-14-6/h2-4,15H,1H3,(H,16,17). The first-order valence-corrected chi connectivity index (χ1v) is 6.35. The molecule has 0 aliphatic carbocycles. The number of carboxylic acids is 1. The van der Waals surface area contributed by atoms with Gasteiger partial charge in [0.1, 0.15) is 0 Å². The summed E-state index contributed by atoms with van der Waals surface area (Å²) in [4.78, 5) is 13.8. The molecule has 1 atom stereocenters. The molecule has 0 aliphatic rings. The lowest BCUT2D eigenvalue weighted by Crippen LogP contribution is -2.61. The van der Waals surface area contributed by atoms with E-state index in [1.165, 1.54) is 0 Å². The summed E-state index contributed by atoms with van der Waals surface area (Å²) in [5, 5.41) is 7.26. The Bertz CT molecular complexity index is 631. The summed E-state index contributed by atoms with van der Waals surface area (Å²) in [5.41, 5.74) is -3.81. The first-order chi connectivity index (χ1) is 8.92. The summed E-state index contributed by atoms with van der Waals surface area (Å²) in [6.07, 6.45) is -4.60. The zero-order chi connectivity index (χ0) is 15.8. The minimum atomic E-state index is -5.43. The lowest BCUT2D eigenvalue weighted by Gasteiger charge is -2.27. The van der Waals surface area contributed by atoms with E-state index in [9.17, 15) is 30.8 Å². The van der Waals surface area contributed by atoms with Crippen LogP contribution in [0.2, 0.25) is 0 Å². The number of aliphatic carboxylic acids is 1. The third-order valence-corrected chi connectivity index (χ3v) is 3.80. The van der Waals surface area contributed by atoms with Crippen LogP contribution in [0.5, 0.6) is 0 Å². The van der Waals surface area contributed by atoms with Crippen molar-refractivity contribution in [1.29, 1.82) is 0 Å². The number of rotatable bonds is 4. The molecule has 0 saturated heterocycles. The molecular weight excluding hydrogens is 308 g/mol. The number of sulfonamides is 1. The SMILES string of the molecule is CC(NS(=O)(=O)c1ncccc1F)(C(=O)O)C(F)(F)F. The van der Waals surface area contributed by atoms with Crippen molar-refractivity contribution >= 4 is 16.0 Å². The van der Waals surface area contributed by atoms with Crippen molar-refractivity contribution in [2.24, 2.45) is 0 Å². The van der Waals surface area contributed by atoms with E-state index in [1.54, 1.807) is 0 Å². The highest BCUT2D eigenvalue weighted by Crippen LogP contribution is 2.32. The van der Waals surface area contributed by atoms with Crippen molar-refractivity contribution in [1.82, 2.24) is 9.71 Å². The first-order valence-electron chi connectivity index (χ1n) is 4.86. The van der Waals surface area contributed by atoms with E-state index in [0.717, 1.165) is 17.0 Å². The highest BCUT2D eigenvalue weighted by Gasteiger charge is 2.59. The maximum absolute atomic E-state index is 13.2. The highest BCUT2D eigenvalue weighted by atomic mass is 32.2. The Hall–Kier alpha value is -1.75. The molecule has 11 heteroatoms. The fourth-order valence-electron chi connectivity index (χ4n) is 1.11. The molecule has 0 fully saturated rings. The molecule has 1 aromatic rings. The van der Waals surface area contributed by atoms with Crippen LogP contribution in [0, 0.1) is 5.82 Å². The number of carboxylic acid groups (broad SMARTS) is 1. The van der Waals surface area contributed by atoms with Crippen LogP contribution in [0.3, 0.4) is 0 Å². The van der Waals surface area contributed by atoms with Gasteiger partial charge in [-0.3, -0.25) is 0 Å². The number of pyridine rings is 1. The van der Waals surface area contributed by atoms with Gasteiger partial charge in [-0.2, -0.15) is 17.9 Å². The third kappa shape index (κ3) is 2.88. The molecule has 0 bridgehead atoms. The zero-order valence-electron chi connectivity index (χ0n) is 9.77. The average molecular weight is 316 g/mol. The lowest BCUT2D eigenvalue weighted by atomic mass is 10.0. The highest BCUT2D eigenvalue weighted by molar-refractivity contribution is 7.89. The van der Waals surface area contributed by atoms with E-state index >= 15 is 0 Å². The van der Waals surface area contributed by atoms with Gasteiger partial charge >= 0.3 is 12.1 Å². The van der Waals surface area contributed by atoms with E-state index < -0.39 is 38.6 Å². The summed E-state index contributed by atoms with van der Waals surface area (Å²) in [7, 11) is -5.11. The Labute approximate surface area is 110 Å². The second-order valence-corrected chi connectivity index (χ2v) is 5.42. The van der Waals surface area contributed by atoms with Gasteiger partial charge in [-0.15, -0.1) is 0 Å². The molecule has 0 aromatic carbocycles. The molecule has 0 aliphatic heterocycles. The number of nitrogens with zero attached hydrogens (tertiary/aromatic N) is 1. The molecule has 6 nitrogen and oxygen atoms in total. The molecular formula is C9H8F4N2O4S. The maximum atomic E-state index is 13.2. The zero-order valence-corrected chi connectivity index (χ0v) is 10.6. The van der Waals surface area contributed by atoms with E-state index in [1.807, 2.05) is 0 Å². The number of carbonyl (C=O) groups is 1. The van der Waals surface area contributed by atoms with Gasteiger partial charge in [0.2, 0.25) is 10.6 Å². The van der Waals surface area contributed by atoms with Gasteiger partial charge in [-0.1, -0.05) is 0 Å². The predicted molar refractivity (Wildman–Crippen MR) is 56.6 cm³/mol. The number of aromatic nitrogens is 1. The summed E-state index contributed by atoms with van der Waals surface area (Å²) in [6, 6.07) is 1.68. The molecule has 0 saturated carbocycles. The molecule has 1 aromatic heterocycles. The molecule has 0 amide bonds. The summed E-state index contributed by atoms with van der Waals surface area (Å²) < 4.78 is 75.5. The van der Waals surface area contributed by atoms with Gasteiger partial charge in [-0.25, -0.2) is 22.6 Å². The van der Waals surface area contributed by atoms with E-state index in [2.05, 4.69) is 4.98 Å². The number of hydrogen-bond acceptors (Lipinski definition) is 4. The fraction of sp³-hybridized carbons (Fsp3) is 0.333. The van der Waals surface area contributed by atoms with Crippen LogP contribution in [0.15, 0.2) is 23.4 Å². The van der Waals surface area contributed by atoms with Gasteiger partial charge in [0.15, 0.2) is 5.82 Å². The van der Waals surface area contributed by atoms with Crippen LogP contribution < -0.4 is 4.72 Å². The van der Waals surface area contributed by atoms with Crippen molar-refractivity contribution in [2.75, 3.05) is 0 Å². The van der Waals surface area contributed by atoms with Gasteiger partial charge in [0.05, 0.1) is 0 Å². The van der Waals surface area contributed by atoms with E-state index in [0.29, 0.717) is 6.07 Å². The number of halogens is 4. The first kappa shape index (κ1) is 16.3. The van der Waals surface area contributed by atoms with Crippen LogP contribution >= 0.6 is 0 Å². The Morgan fingerprint density at radius 1 is 1.40 bits per heavy atom. The van der Waals surface area contributed by atoms with Crippen LogP contribution in [0.4, 0.5) is 17.6 Å². The molecule has 112 valence electrons. The van der Waals surface area contributed by atoms with Gasteiger partial charge in [0.25, 0.3) is 10.0 Å². The smallest absolute Gasteiger partial charge is 0.418 e. The fourth-order valence-corrected chi connectivity index (χ4v) is 2.47. The summed E-state index contributed by atoms with van der Waals surface area (Å²) in [5.74, 6) is -3.89. The van der Waals surface area contributed by atoms with Crippen LogP contribution in [0.25, 0.3) is 0 Å². The van der Waals surface area contributed by atoms with Crippen LogP contribution in [-0.4, -0.2) is 36.2 Å². The van der Waals surface area contributed by atoms with Crippen molar-refractivity contribution < 1.29 is 35.9 Å². The van der Waals surface area contributed by atoms with E-state index in [4.69, 9.17) is 5.11 Å². The molecule has 1 unspecified atom stereocenters. The minimum absolute atomic E-state index is 0.105. The molecule has 2 N–H and O–H groups in total. The number of alkyl halides is 3. The topological polar surface area (TPSA) is 96.4 Å². The molecule has 1 rings (SSSR count). The molecule has 0 spiro atoms. The molecule has 0 radical (unpaired) electrons. The summed E-state index contributed by atoms with van der Waals surface area (Å²) in [6.45, 7) is 0.105. The van der Waals surface area contributed by atoms with Crippen molar-refractivity contribution in [3.05, 3.63) is 24.1 Å². The lowest BCUT2D eigenvalue weighted by molar-refractivity contribution is -0.201. The number of nitrogens with one attached hydrogen (secondary N) is 1. The predicted octanol–water partition coefficient (Wildman–Crippen LogP) is 0.905. The third-order valence-electron chi connectivity index (χ3n) is 2.31. The Morgan fingerprint density at radius 3 is 2.35 bits per heavy atom. The van der Waals surface area contributed by atoms with Crippen molar-refractivity contribution in [3.8, 4) is 0 Å². The van der Waals surface area contributed by atoms with Crippen LogP contribution in [-0.2, 0) is 14.8 Å². The second-order valence-electron chi connectivity index (χ2n) is 3.82. The monoisotopic (exact) mass is 316 g/mol. The largest absolute Gasteiger partial charge is 0.480 e. The van der Waals surface area contributed by atoms with Gasteiger partial charge in [-0.05, 0) is 19.1 Å². The normalized spacial score (nSPS) is 15.7. The molecule has 20 heavy (non-hydrogen) atoms. The Morgan fingerprint density at radius 2 is 1.95 bits per heavy atom. The quantitative estimate of drug-likeness (QED) is 0.805. The summed E-state index contributed by atoms with van der Waals surface area (Å²) >= 11 is 0. The van der Waals surface area contributed by atoms with Crippen molar-refractivity contribution in [3.63, 3.8) is 0 Å². The maximum Gasteiger partial charge on any atom is 0.418 e. The average Bonchev–Trinajstić information content (AvgIpc) is 2.26. The second kappa shape index (κ2) is 4.98. The van der Waals surface area contributed by atoms with E-state index in [-0.39, 0.29) is 6.92 Å². The molecule has 1 heterocycles.